The van der Waals surface area contributed by atoms with Gasteiger partial charge >= 0.3 is 0 Å². The molecule has 2 atom stereocenters. The van der Waals surface area contributed by atoms with Crippen LogP contribution in [0.5, 0.6) is 0 Å². The van der Waals surface area contributed by atoms with Gasteiger partial charge in [-0.05, 0) is 18.4 Å². The molecule has 76 valence electrons. The molecule has 2 rings (SSSR count). The highest BCUT2D eigenvalue weighted by molar-refractivity contribution is 5.27. The predicted octanol–water partition coefficient (Wildman–Crippen LogP) is 2.34. The summed E-state index contributed by atoms with van der Waals surface area (Å²) < 4.78 is 11.1. The van der Waals surface area contributed by atoms with Gasteiger partial charge in [-0.25, -0.2) is 0 Å². The zero-order chi connectivity index (χ0) is 10.0. The van der Waals surface area contributed by atoms with E-state index in [1.165, 1.54) is 5.56 Å². The minimum atomic E-state index is -0.198. The lowest BCUT2D eigenvalue weighted by atomic mass is 9.72. The highest BCUT2D eigenvalue weighted by Crippen LogP contribution is 2.45. The molecule has 1 aromatic rings. The second kappa shape index (κ2) is 3.71. The molecule has 0 amide bonds. The Bertz CT molecular complexity index is 290. The maximum Gasteiger partial charge on any atom is 0.119 e. The SMILES string of the molecule is COC1CCC1(OC)c1ccccc1. The molecule has 0 aromatic heterocycles. The van der Waals surface area contributed by atoms with Crippen molar-refractivity contribution in [3.05, 3.63) is 35.9 Å². The van der Waals surface area contributed by atoms with Crippen molar-refractivity contribution < 1.29 is 9.47 Å². The maximum atomic E-state index is 5.64. The van der Waals surface area contributed by atoms with Gasteiger partial charge in [0.1, 0.15) is 5.60 Å². The summed E-state index contributed by atoms with van der Waals surface area (Å²) in [4.78, 5) is 0. The van der Waals surface area contributed by atoms with E-state index in [-0.39, 0.29) is 11.7 Å². The Balaban J connectivity index is 2.30. The molecule has 0 radical (unpaired) electrons. The smallest absolute Gasteiger partial charge is 0.119 e. The lowest BCUT2D eigenvalue weighted by Crippen LogP contribution is -2.51. The van der Waals surface area contributed by atoms with Gasteiger partial charge in [-0.15, -0.1) is 0 Å². The van der Waals surface area contributed by atoms with Gasteiger partial charge in [-0.3, -0.25) is 0 Å². The van der Waals surface area contributed by atoms with E-state index in [4.69, 9.17) is 9.47 Å². The molecule has 1 aliphatic rings. The second-order valence-corrected chi connectivity index (χ2v) is 3.72. The van der Waals surface area contributed by atoms with Crippen LogP contribution in [0.3, 0.4) is 0 Å². The number of hydrogen-bond acceptors (Lipinski definition) is 2. The number of methoxy groups -OCH3 is 2. The summed E-state index contributed by atoms with van der Waals surface area (Å²) in [6.45, 7) is 0. The van der Waals surface area contributed by atoms with E-state index >= 15 is 0 Å². The van der Waals surface area contributed by atoms with Gasteiger partial charge in [0.15, 0.2) is 0 Å². The van der Waals surface area contributed by atoms with Crippen molar-refractivity contribution in [1.82, 2.24) is 0 Å². The molecule has 1 saturated carbocycles. The molecule has 0 saturated heterocycles. The molecule has 2 heteroatoms. The molecular formula is C12H16O2. The van der Waals surface area contributed by atoms with Gasteiger partial charge in [0.05, 0.1) is 6.10 Å². The van der Waals surface area contributed by atoms with Gasteiger partial charge in [-0.1, -0.05) is 30.3 Å². The lowest BCUT2D eigenvalue weighted by molar-refractivity contribution is -0.185. The van der Waals surface area contributed by atoms with Crippen LogP contribution in [0, 0.1) is 0 Å². The number of hydrogen-bond donors (Lipinski definition) is 0. The molecule has 0 spiro atoms. The second-order valence-electron chi connectivity index (χ2n) is 3.72. The summed E-state index contributed by atoms with van der Waals surface area (Å²) in [5.41, 5.74) is 1.02. The maximum absolute atomic E-state index is 5.64. The van der Waals surface area contributed by atoms with Crippen molar-refractivity contribution in [2.75, 3.05) is 14.2 Å². The third-order valence-corrected chi connectivity index (χ3v) is 3.21. The number of benzene rings is 1. The van der Waals surface area contributed by atoms with Crippen LogP contribution in [0.4, 0.5) is 0 Å². The van der Waals surface area contributed by atoms with E-state index in [9.17, 15) is 0 Å². The average Bonchev–Trinajstić information content (AvgIpc) is 2.20. The predicted molar refractivity (Wildman–Crippen MR) is 55.2 cm³/mol. The standard InChI is InChI=1S/C12H16O2/c1-13-11-8-9-12(11,14-2)10-6-4-3-5-7-10/h3-7,11H,8-9H2,1-2H3. The van der Waals surface area contributed by atoms with Gasteiger partial charge in [0, 0.05) is 14.2 Å². The Hall–Kier alpha value is -0.860. The number of ether oxygens (including phenoxy) is 2. The fraction of sp³-hybridized carbons (Fsp3) is 0.500. The Morgan fingerprint density at radius 1 is 1.21 bits per heavy atom. The van der Waals surface area contributed by atoms with Crippen molar-refractivity contribution in [2.24, 2.45) is 0 Å². The monoisotopic (exact) mass is 192 g/mol. The molecule has 0 aliphatic heterocycles. The van der Waals surface area contributed by atoms with Crippen molar-refractivity contribution in [1.29, 1.82) is 0 Å². The summed E-state index contributed by atoms with van der Waals surface area (Å²) in [5, 5.41) is 0. The molecule has 0 bridgehead atoms. The molecule has 0 N–H and O–H groups in total. The van der Waals surface area contributed by atoms with Crippen molar-refractivity contribution >= 4 is 0 Å². The average molecular weight is 192 g/mol. The zero-order valence-electron chi connectivity index (χ0n) is 8.69. The van der Waals surface area contributed by atoms with Crippen molar-refractivity contribution in [2.45, 2.75) is 24.5 Å². The number of rotatable bonds is 3. The van der Waals surface area contributed by atoms with Crippen LogP contribution >= 0.6 is 0 Å². The molecule has 2 nitrogen and oxygen atoms in total. The van der Waals surface area contributed by atoms with Crippen LogP contribution < -0.4 is 0 Å². The fourth-order valence-corrected chi connectivity index (χ4v) is 2.23. The quantitative estimate of drug-likeness (QED) is 0.731. The first-order valence-corrected chi connectivity index (χ1v) is 4.97. The molecule has 2 unspecified atom stereocenters. The Labute approximate surface area is 84.8 Å². The summed E-state index contributed by atoms with van der Waals surface area (Å²) >= 11 is 0. The zero-order valence-corrected chi connectivity index (χ0v) is 8.69. The van der Waals surface area contributed by atoms with Crippen molar-refractivity contribution in [3.8, 4) is 0 Å². The van der Waals surface area contributed by atoms with E-state index in [1.807, 2.05) is 18.2 Å². The molecule has 1 aliphatic carbocycles. The van der Waals surface area contributed by atoms with Gasteiger partial charge < -0.3 is 9.47 Å². The normalized spacial score (nSPS) is 31.1. The lowest BCUT2D eigenvalue weighted by Gasteiger charge is -2.47. The molecule has 14 heavy (non-hydrogen) atoms. The molecule has 0 heterocycles. The first kappa shape index (κ1) is 9.69. The summed E-state index contributed by atoms with van der Waals surface area (Å²) in [5.74, 6) is 0. The first-order valence-electron chi connectivity index (χ1n) is 4.97. The van der Waals surface area contributed by atoms with Gasteiger partial charge in [0.2, 0.25) is 0 Å². The van der Waals surface area contributed by atoms with Gasteiger partial charge in [-0.2, -0.15) is 0 Å². The van der Waals surface area contributed by atoms with E-state index in [2.05, 4.69) is 12.1 Å². The third kappa shape index (κ3) is 1.26. The highest BCUT2D eigenvalue weighted by Gasteiger charge is 2.48. The van der Waals surface area contributed by atoms with Crippen LogP contribution in [0.2, 0.25) is 0 Å². The highest BCUT2D eigenvalue weighted by atomic mass is 16.5. The Kier molecular flexibility index (Phi) is 2.57. The fourth-order valence-electron chi connectivity index (χ4n) is 2.23. The minimum Gasteiger partial charge on any atom is -0.378 e. The van der Waals surface area contributed by atoms with Crippen molar-refractivity contribution in [3.63, 3.8) is 0 Å². The summed E-state index contributed by atoms with van der Waals surface area (Å²) in [7, 11) is 3.51. The molecular weight excluding hydrogens is 176 g/mol. The molecule has 1 fully saturated rings. The van der Waals surface area contributed by atoms with Gasteiger partial charge in [0.25, 0.3) is 0 Å². The van der Waals surface area contributed by atoms with Crippen LogP contribution in [-0.4, -0.2) is 20.3 Å². The largest absolute Gasteiger partial charge is 0.378 e. The third-order valence-electron chi connectivity index (χ3n) is 3.21. The van der Waals surface area contributed by atoms with Crippen LogP contribution in [0.15, 0.2) is 30.3 Å². The van der Waals surface area contributed by atoms with Crippen LogP contribution in [0.25, 0.3) is 0 Å². The van der Waals surface area contributed by atoms with E-state index in [1.54, 1.807) is 14.2 Å². The molecule has 1 aromatic carbocycles. The minimum absolute atomic E-state index is 0.198. The van der Waals surface area contributed by atoms with Crippen LogP contribution in [-0.2, 0) is 15.1 Å². The van der Waals surface area contributed by atoms with Crippen LogP contribution in [0.1, 0.15) is 18.4 Å². The van der Waals surface area contributed by atoms with E-state index in [0.717, 1.165) is 12.8 Å². The Morgan fingerprint density at radius 3 is 2.36 bits per heavy atom. The summed E-state index contributed by atoms with van der Waals surface area (Å²) in [6.07, 6.45) is 2.33. The Morgan fingerprint density at radius 2 is 1.93 bits per heavy atom. The van der Waals surface area contributed by atoms with E-state index < -0.39 is 0 Å². The summed E-state index contributed by atoms with van der Waals surface area (Å²) in [6, 6.07) is 10.3. The van der Waals surface area contributed by atoms with E-state index in [0.29, 0.717) is 0 Å². The topological polar surface area (TPSA) is 18.5 Å². The first-order chi connectivity index (χ1) is 6.83.